The molecular formula is C49H29N3. The smallest absolute Gasteiger partial charge is 0.160 e. The van der Waals surface area contributed by atoms with Gasteiger partial charge in [0.05, 0.1) is 23.0 Å². The molecule has 0 fully saturated rings. The van der Waals surface area contributed by atoms with Crippen molar-refractivity contribution < 1.29 is 0 Å². The Morgan fingerprint density at radius 3 is 1.46 bits per heavy atom. The van der Waals surface area contributed by atoms with Gasteiger partial charge >= 0.3 is 0 Å². The number of hydrogen-bond donors (Lipinski definition) is 0. The zero-order valence-electron chi connectivity index (χ0n) is 28.1. The lowest BCUT2D eigenvalue weighted by Crippen LogP contribution is -1.95. The van der Waals surface area contributed by atoms with E-state index in [1.165, 1.54) is 38.6 Å². The lowest BCUT2D eigenvalue weighted by molar-refractivity contribution is 1.18. The van der Waals surface area contributed by atoms with Crippen LogP contribution in [-0.2, 0) is 0 Å². The predicted molar refractivity (Wildman–Crippen MR) is 213 cm³/mol. The average molecular weight is 660 g/mol. The predicted octanol–water partition coefficient (Wildman–Crippen LogP) is 12.6. The molecule has 1 aromatic heterocycles. The van der Waals surface area contributed by atoms with E-state index < -0.39 is 0 Å². The fourth-order valence-corrected chi connectivity index (χ4v) is 7.74. The molecular weight excluding hydrogens is 631 g/mol. The molecule has 8 aromatic carbocycles. The van der Waals surface area contributed by atoms with E-state index in [2.05, 4.69) is 133 Å². The molecule has 52 heavy (non-hydrogen) atoms. The van der Waals surface area contributed by atoms with Crippen molar-refractivity contribution in [2.75, 3.05) is 0 Å². The monoisotopic (exact) mass is 659 g/mol. The number of aromatic nitrogens is 2. The lowest BCUT2D eigenvalue weighted by Gasteiger charge is -2.16. The molecule has 1 aliphatic carbocycles. The summed E-state index contributed by atoms with van der Waals surface area (Å²) in [7, 11) is 0. The zero-order valence-corrected chi connectivity index (χ0v) is 28.1. The third kappa shape index (κ3) is 4.89. The van der Waals surface area contributed by atoms with E-state index >= 15 is 0 Å². The summed E-state index contributed by atoms with van der Waals surface area (Å²) in [4.78, 5) is 10.0. The van der Waals surface area contributed by atoms with Crippen LogP contribution in [0.15, 0.2) is 176 Å². The van der Waals surface area contributed by atoms with Crippen molar-refractivity contribution in [3.8, 4) is 84.5 Å². The van der Waals surface area contributed by atoms with Crippen molar-refractivity contribution in [2.45, 2.75) is 0 Å². The Hall–Kier alpha value is -7.15. The highest BCUT2D eigenvalue weighted by molar-refractivity contribution is 6.22. The second-order valence-corrected chi connectivity index (χ2v) is 13.3. The van der Waals surface area contributed by atoms with Gasteiger partial charge in [-0.25, -0.2) is 9.97 Å². The Kier molecular flexibility index (Phi) is 6.87. The number of nitriles is 1. The first-order valence-corrected chi connectivity index (χ1v) is 17.5. The van der Waals surface area contributed by atoms with E-state index in [0.29, 0.717) is 11.4 Å². The zero-order chi connectivity index (χ0) is 34.6. The van der Waals surface area contributed by atoms with E-state index in [4.69, 9.17) is 9.97 Å². The van der Waals surface area contributed by atoms with Gasteiger partial charge in [-0.05, 0) is 96.4 Å². The Morgan fingerprint density at radius 1 is 0.346 bits per heavy atom. The van der Waals surface area contributed by atoms with Crippen molar-refractivity contribution >= 4 is 21.5 Å². The summed E-state index contributed by atoms with van der Waals surface area (Å²) < 4.78 is 0. The summed E-state index contributed by atoms with van der Waals surface area (Å²) in [6.07, 6.45) is 0. The number of fused-ring (bicyclic) bond motifs is 4. The number of benzene rings is 8. The van der Waals surface area contributed by atoms with Gasteiger partial charge in [-0.15, -0.1) is 0 Å². The molecule has 0 aliphatic heterocycles. The minimum absolute atomic E-state index is 0.658. The van der Waals surface area contributed by atoms with E-state index in [1.54, 1.807) is 0 Å². The lowest BCUT2D eigenvalue weighted by atomic mass is 9.88. The maximum Gasteiger partial charge on any atom is 0.160 e. The van der Waals surface area contributed by atoms with E-state index in [1.807, 2.05) is 48.5 Å². The molecule has 0 unspecified atom stereocenters. The van der Waals surface area contributed by atoms with Crippen molar-refractivity contribution in [2.24, 2.45) is 0 Å². The van der Waals surface area contributed by atoms with Crippen molar-refractivity contribution in [3.05, 3.63) is 181 Å². The van der Waals surface area contributed by atoms with Crippen LogP contribution in [0.5, 0.6) is 0 Å². The molecule has 10 rings (SSSR count). The first kappa shape index (κ1) is 29.7. The highest BCUT2D eigenvalue weighted by Gasteiger charge is 2.25. The Morgan fingerprint density at radius 2 is 0.827 bits per heavy atom. The highest BCUT2D eigenvalue weighted by atomic mass is 14.9. The van der Waals surface area contributed by atoms with Gasteiger partial charge in [-0.3, -0.25) is 0 Å². The van der Waals surface area contributed by atoms with Gasteiger partial charge in [-0.2, -0.15) is 5.26 Å². The quantitative estimate of drug-likeness (QED) is 0.185. The highest BCUT2D eigenvalue weighted by Crippen LogP contribution is 2.52. The van der Waals surface area contributed by atoms with Gasteiger partial charge in [0, 0.05) is 16.7 Å². The van der Waals surface area contributed by atoms with Crippen LogP contribution in [0.25, 0.3) is 100.0 Å². The number of hydrogen-bond acceptors (Lipinski definition) is 3. The number of nitrogens with zero attached hydrogens (tertiary/aromatic N) is 3. The molecule has 0 amide bonds. The van der Waals surface area contributed by atoms with Gasteiger partial charge in [-0.1, -0.05) is 146 Å². The van der Waals surface area contributed by atoms with Crippen LogP contribution in [0, 0.1) is 11.3 Å². The molecule has 0 N–H and O–H groups in total. The van der Waals surface area contributed by atoms with Crippen LogP contribution in [0.4, 0.5) is 0 Å². The van der Waals surface area contributed by atoms with Crippen LogP contribution in [-0.4, -0.2) is 9.97 Å². The third-order valence-corrected chi connectivity index (χ3v) is 10.3. The summed E-state index contributed by atoms with van der Waals surface area (Å²) in [5.74, 6) is 0.708. The summed E-state index contributed by atoms with van der Waals surface area (Å²) >= 11 is 0. The second-order valence-electron chi connectivity index (χ2n) is 13.3. The average Bonchev–Trinajstić information content (AvgIpc) is 3.55. The summed E-state index contributed by atoms with van der Waals surface area (Å²) in [5, 5.41) is 14.3. The van der Waals surface area contributed by atoms with Crippen LogP contribution in [0.2, 0.25) is 0 Å². The first-order chi connectivity index (χ1) is 25.7. The normalized spacial score (nSPS) is 11.4. The summed E-state index contributed by atoms with van der Waals surface area (Å²) in [6, 6.07) is 63.9. The fraction of sp³-hybridized carbons (Fsp3) is 0. The van der Waals surface area contributed by atoms with Crippen molar-refractivity contribution in [3.63, 3.8) is 0 Å². The molecule has 0 spiro atoms. The maximum atomic E-state index is 9.48. The van der Waals surface area contributed by atoms with E-state index in [0.717, 1.165) is 55.5 Å². The van der Waals surface area contributed by atoms with Crippen LogP contribution in [0.3, 0.4) is 0 Å². The van der Waals surface area contributed by atoms with Gasteiger partial charge in [0.15, 0.2) is 5.82 Å². The van der Waals surface area contributed by atoms with Crippen molar-refractivity contribution in [1.29, 1.82) is 5.26 Å². The van der Waals surface area contributed by atoms with Crippen LogP contribution in [0.1, 0.15) is 5.56 Å². The van der Waals surface area contributed by atoms with Gasteiger partial charge in [0.2, 0.25) is 0 Å². The van der Waals surface area contributed by atoms with Gasteiger partial charge in [0.25, 0.3) is 0 Å². The summed E-state index contributed by atoms with van der Waals surface area (Å²) in [6.45, 7) is 0. The van der Waals surface area contributed by atoms with Gasteiger partial charge < -0.3 is 0 Å². The second kappa shape index (κ2) is 12.0. The standard InChI is InChI=1S/C49H29N3/c50-30-31-15-17-32(18-16-31)39-23-25-43-41-13-7-8-14-42(41)44-26-24-40(47(39)48(43)44)37-21-19-36-28-38(22-20-35(36)27-37)46-29-45(33-9-3-1-4-10-33)51-49(52-46)34-11-5-2-6-12-34/h1-29H. The Labute approximate surface area is 301 Å². The summed E-state index contributed by atoms with van der Waals surface area (Å²) in [5.41, 5.74) is 15.2. The topological polar surface area (TPSA) is 49.6 Å². The Balaban J connectivity index is 1.12. The molecule has 0 saturated carbocycles. The molecule has 0 saturated heterocycles. The van der Waals surface area contributed by atoms with Crippen LogP contribution >= 0.6 is 0 Å². The van der Waals surface area contributed by atoms with Crippen LogP contribution < -0.4 is 0 Å². The maximum absolute atomic E-state index is 9.48. The molecule has 0 bridgehead atoms. The molecule has 3 heteroatoms. The minimum Gasteiger partial charge on any atom is -0.228 e. The number of rotatable bonds is 5. The SMILES string of the molecule is N#Cc1ccc(-c2ccc3c4c(ccc(-c5ccc6cc(-c7cc(-c8ccccc8)nc(-c8ccccc8)n7)ccc6c5)c24)-c2ccccc2-3)cc1. The van der Waals surface area contributed by atoms with E-state index in [-0.39, 0.29) is 0 Å². The molecule has 9 aromatic rings. The fourth-order valence-electron chi connectivity index (χ4n) is 7.74. The molecule has 1 aliphatic rings. The van der Waals surface area contributed by atoms with Crippen molar-refractivity contribution in [1.82, 2.24) is 9.97 Å². The first-order valence-electron chi connectivity index (χ1n) is 17.5. The third-order valence-electron chi connectivity index (χ3n) is 10.3. The largest absolute Gasteiger partial charge is 0.228 e. The minimum atomic E-state index is 0.658. The molecule has 1 heterocycles. The molecule has 0 atom stereocenters. The van der Waals surface area contributed by atoms with Gasteiger partial charge in [0.1, 0.15) is 0 Å². The molecule has 0 radical (unpaired) electrons. The van der Waals surface area contributed by atoms with E-state index in [9.17, 15) is 5.26 Å². The molecule has 240 valence electrons. The molecule has 3 nitrogen and oxygen atoms in total. The Bertz CT molecular complexity index is 2800.